The predicted octanol–water partition coefficient (Wildman–Crippen LogP) is 2.18. The molecule has 6 nitrogen and oxygen atoms in total. The molecule has 1 N–H and O–H groups in total. The van der Waals surface area contributed by atoms with Crippen LogP contribution in [0.3, 0.4) is 0 Å². The van der Waals surface area contributed by atoms with Crippen LogP contribution in [0.5, 0.6) is 0 Å². The summed E-state index contributed by atoms with van der Waals surface area (Å²) in [6.45, 7) is 2.60. The van der Waals surface area contributed by atoms with E-state index in [-0.39, 0.29) is 17.5 Å². The second-order valence-corrected chi connectivity index (χ2v) is 6.41. The van der Waals surface area contributed by atoms with Gasteiger partial charge in [-0.3, -0.25) is 14.6 Å². The minimum Gasteiger partial charge on any atom is -0.378 e. The number of aromatic nitrogens is 1. The Hall–Kier alpha value is -2.44. The number of pyridine rings is 1. The van der Waals surface area contributed by atoms with Gasteiger partial charge in [-0.25, -0.2) is 0 Å². The number of rotatable bonds is 5. The standard InChI is InChI=1S/C19H20ClN3O3/c20-16-3-1-2-14(12-16)4-6-22-18(24)15-5-7-21-17(13-15)19(25)23-8-10-26-11-9-23/h1-3,5,7,12-13H,4,6,8-11H2,(H,22,24). The van der Waals surface area contributed by atoms with Crippen molar-refractivity contribution in [3.05, 3.63) is 64.4 Å². The first kappa shape index (κ1) is 18.4. The van der Waals surface area contributed by atoms with Crippen LogP contribution in [0.25, 0.3) is 0 Å². The van der Waals surface area contributed by atoms with E-state index >= 15 is 0 Å². The van der Waals surface area contributed by atoms with E-state index in [2.05, 4.69) is 10.3 Å². The Balaban J connectivity index is 1.58. The second-order valence-electron chi connectivity index (χ2n) is 5.97. The average Bonchev–Trinajstić information content (AvgIpc) is 2.68. The van der Waals surface area contributed by atoms with E-state index in [0.29, 0.717) is 49.9 Å². The van der Waals surface area contributed by atoms with E-state index in [9.17, 15) is 9.59 Å². The van der Waals surface area contributed by atoms with Crippen molar-refractivity contribution in [3.8, 4) is 0 Å². The van der Waals surface area contributed by atoms with Crippen LogP contribution in [0.1, 0.15) is 26.4 Å². The summed E-state index contributed by atoms with van der Waals surface area (Å²) in [4.78, 5) is 30.6. The third kappa shape index (κ3) is 4.80. The number of ether oxygens (including phenoxy) is 1. The fraction of sp³-hybridized carbons (Fsp3) is 0.316. The van der Waals surface area contributed by atoms with Gasteiger partial charge in [0, 0.05) is 36.4 Å². The molecule has 2 heterocycles. The van der Waals surface area contributed by atoms with Gasteiger partial charge >= 0.3 is 0 Å². The van der Waals surface area contributed by atoms with Gasteiger partial charge in [0.25, 0.3) is 11.8 Å². The summed E-state index contributed by atoms with van der Waals surface area (Å²) in [6, 6.07) is 10.7. The van der Waals surface area contributed by atoms with Crippen LogP contribution >= 0.6 is 11.6 Å². The van der Waals surface area contributed by atoms with Gasteiger partial charge < -0.3 is 15.0 Å². The van der Waals surface area contributed by atoms with Crippen LogP contribution < -0.4 is 5.32 Å². The highest BCUT2D eigenvalue weighted by Crippen LogP contribution is 2.11. The third-order valence-corrected chi connectivity index (χ3v) is 4.36. The Morgan fingerprint density at radius 2 is 2.00 bits per heavy atom. The van der Waals surface area contributed by atoms with Gasteiger partial charge in [-0.2, -0.15) is 0 Å². The monoisotopic (exact) mass is 373 g/mol. The second kappa shape index (κ2) is 8.78. The fourth-order valence-electron chi connectivity index (χ4n) is 2.73. The highest BCUT2D eigenvalue weighted by atomic mass is 35.5. The summed E-state index contributed by atoms with van der Waals surface area (Å²) in [7, 11) is 0. The molecular formula is C19H20ClN3O3. The number of morpholine rings is 1. The predicted molar refractivity (Wildman–Crippen MR) is 98.4 cm³/mol. The van der Waals surface area contributed by atoms with Gasteiger partial charge in [0.1, 0.15) is 5.69 Å². The van der Waals surface area contributed by atoms with Crippen molar-refractivity contribution >= 4 is 23.4 Å². The van der Waals surface area contributed by atoms with Crippen LogP contribution in [0.4, 0.5) is 0 Å². The molecule has 1 aromatic heterocycles. The number of carbonyl (C=O) groups excluding carboxylic acids is 2. The number of benzene rings is 1. The molecule has 7 heteroatoms. The highest BCUT2D eigenvalue weighted by Gasteiger charge is 2.20. The van der Waals surface area contributed by atoms with Crippen molar-refractivity contribution < 1.29 is 14.3 Å². The largest absolute Gasteiger partial charge is 0.378 e. The SMILES string of the molecule is O=C(NCCc1cccc(Cl)c1)c1ccnc(C(=O)N2CCOCC2)c1. The van der Waals surface area contributed by atoms with Gasteiger partial charge in [0.15, 0.2) is 0 Å². The van der Waals surface area contributed by atoms with E-state index in [4.69, 9.17) is 16.3 Å². The molecule has 0 unspecified atom stereocenters. The molecule has 26 heavy (non-hydrogen) atoms. The molecule has 1 fully saturated rings. The third-order valence-electron chi connectivity index (χ3n) is 4.13. The maximum Gasteiger partial charge on any atom is 0.272 e. The number of nitrogens with one attached hydrogen (secondary N) is 1. The first-order valence-electron chi connectivity index (χ1n) is 8.49. The normalized spacial score (nSPS) is 14.1. The first-order chi connectivity index (χ1) is 12.6. The molecule has 1 aliphatic rings. The van der Waals surface area contributed by atoms with Gasteiger partial charge in [-0.05, 0) is 36.2 Å². The number of carbonyl (C=O) groups is 2. The highest BCUT2D eigenvalue weighted by molar-refractivity contribution is 6.30. The van der Waals surface area contributed by atoms with Crippen LogP contribution in [0, 0.1) is 0 Å². The van der Waals surface area contributed by atoms with Crippen molar-refractivity contribution in [1.29, 1.82) is 0 Å². The molecule has 0 aliphatic carbocycles. The van der Waals surface area contributed by atoms with Crippen molar-refractivity contribution in [2.45, 2.75) is 6.42 Å². The molecule has 2 amide bonds. The quantitative estimate of drug-likeness (QED) is 0.872. The first-order valence-corrected chi connectivity index (χ1v) is 8.87. The Labute approximate surface area is 157 Å². The minimum absolute atomic E-state index is 0.179. The molecule has 0 bridgehead atoms. The van der Waals surface area contributed by atoms with Gasteiger partial charge in [-0.1, -0.05) is 23.7 Å². The van der Waals surface area contributed by atoms with E-state index < -0.39 is 0 Å². The van der Waals surface area contributed by atoms with Crippen molar-refractivity contribution in [2.75, 3.05) is 32.8 Å². The van der Waals surface area contributed by atoms with Crippen molar-refractivity contribution in [2.24, 2.45) is 0 Å². The summed E-state index contributed by atoms with van der Waals surface area (Å²) in [6.07, 6.45) is 2.16. The summed E-state index contributed by atoms with van der Waals surface area (Å²) in [5.41, 5.74) is 1.74. The molecule has 0 radical (unpaired) electrons. The smallest absolute Gasteiger partial charge is 0.272 e. The number of amides is 2. The van der Waals surface area contributed by atoms with Crippen molar-refractivity contribution in [1.82, 2.24) is 15.2 Å². The Kier molecular flexibility index (Phi) is 6.20. The number of hydrogen-bond donors (Lipinski definition) is 1. The van der Waals surface area contributed by atoms with E-state index in [1.807, 2.05) is 24.3 Å². The maximum atomic E-state index is 12.5. The zero-order valence-electron chi connectivity index (χ0n) is 14.3. The Bertz CT molecular complexity index is 791. The minimum atomic E-state index is -0.231. The summed E-state index contributed by atoms with van der Waals surface area (Å²) < 4.78 is 5.25. The molecule has 1 saturated heterocycles. The van der Waals surface area contributed by atoms with Crippen LogP contribution in [0.2, 0.25) is 5.02 Å². The Morgan fingerprint density at radius 3 is 2.77 bits per heavy atom. The molecule has 1 aliphatic heterocycles. The fourth-order valence-corrected chi connectivity index (χ4v) is 2.94. The molecule has 0 atom stereocenters. The van der Waals surface area contributed by atoms with Crippen LogP contribution in [0.15, 0.2) is 42.6 Å². The molecule has 2 aromatic rings. The summed E-state index contributed by atoms with van der Waals surface area (Å²) >= 11 is 5.96. The zero-order chi connectivity index (χ0) is 18.4. The molecule has 136 valence electrons. The number of halogens is 1. The topological polar surface area (TPSA) is 71.5 Å². The van der Waals surface area contributed by atoms with E-state index in [0.717, 1.165) is 5.56 Å². The van der Waals surface area contributed by atoms with E-state index in [1.54, 1.807) is 11.0 Å². The summed E-state index contributed by atoms with van der Waals surface area (Å²) in [5.74, 6) is -0.410. The van der Waals surface area contributed by atoms with Gasteiger partial charge in [0.05, 0.1) is 13.2 Å². The lowest BCUT2D eigenvalue weighted by molar-refractivity contribution is 0.0299. The Morgan fingerprint density at radius 1 is 1.19 bits per heavy atom. The van der Waals surface area contributed by atoms with Crippen LogP contribution in [-0.2, 0) is 11.2 Å². The molecule has 0 saturated carbocycles. The molecule has 3 rings (SSSR count). The summed E-state index contributed by atoms with van der Waals surface area (Å²) in [5, 5.41) is 3.53. The lowest BCUT2D eigenvalue weighted by atomic mass is 10.1. The molecule has 1 aromatic carbocycles. The lowest BCUT2D eigenvalue weighted by Crippen LogP contribution is -2.41. The van der Waals surface area contributed by atoms with Gasteiger partial charge in [0.2, 0.25) is 0 Å². The number of hydrogen-bond acceptors (Lipinski definition) is 4. The lowest BCUT2D eigenvalue weighted by Gasteiger charge is -2.26. The number of nitrogens with zero attached hydrogens (tertiary/aromatic N) is 2. The van der Waals surface area contributed by atoms with E-state index in [1.165, 1.54) is 12.3 Å². The van der Waals surface area contributed by atoms with Crippen molar-refractivity contribution in [3.63, 3.8) is 0 Å². The van der Waals surface area contributed by atoms with Gasteiger partial charge in [-0.15, -0.1) is 0 Å². The van der Waals surface area contributed by atoms with Crippen LogP contribution in [-0.4, -0.2) is 54.5 Å². The average molecular weight is 374 g/mol. The maximum absolute atomic E-state index is 12.5. The molecular weight excluding hydrogens is 354 g/mol. The molecule has 0 spiro atoms. The zero-order valence-corrected chi connectivity index (χ0v) is 15.0.